The Balaban J connectivity index is 1.61. The number of rotatable bonds is 4. The van der Waals surface area contributed by atoms with Crippen LogP contribution in [0.3, 0.4) is 0 Å². The molecular formula is C15H20N2OS. The lowest BCUT2D eigenvalue weighted by Crippen LogP contribution is -2.34. The summed E-state index contributed by atoms with van der Waals surface area (Å²) in [6, 6.07) is 2.64. The van der Waals surface area contributed by atoms with Crippen LogP contribution in [0.15, 0.2) is 16.8 Å². The lowest BCUT2D eigenvalue weighted by Gasteiger charge is -2.24. The van der Waals surface area contributed by atoms with Crippen molar-refractivity contribution in [3.63, 3.8) is 0 Å². The van der Waals surface area contributed by atoms with E-state index in [1.165, 1.54) is 24.8 Å². The van der Waals surface area contributed by atoms with E-state index >= 15 is 0 Å². The summed E-state index contributed by atoms with van der Waals surface area (Å²) >= 11 is 1.72. The van der Waals surface area contributed by atoms with Crippen molar-refractivity contribution < 1.29 is 4.79 Å². The standard InChI is InChI=1S/C15H20N2OS/c1-2-3-10-8-12(10)17-13(11-4-7-19-9-11)16-15(5-6-15)14(17)18/h4,7,9-10,12-13,16H,2-3,5-6,8H2,1H3. The number of hydrogen-bond acceptors (Lipinski definition) is 3. The molecule has 3 unspecified atom stereocenters. The van der Waals surface area contributed by atoms with Crippen molar-refractivity contribution in [2.75, 3.05) is 0 Å². The molecular weight excluding hydrogens is 256 g/mol. The van der Waals surface area contributed by atoms with E-state index in [-0.39, 0.29) is 11.7 Å². The van der Waals surface area contributed by atoms with Crippen molar-refractivity contribution in [2.45, 2.75) is 56.8 Å². The zero-order valence-corrected chi connectivity index (χ0v) is 12.1. The zero-order chi connectivity index (χ0) is 13.0. The van der Waals surface area contributed by atoms with Gasteiger partial charge in [0.25, 0.3) is 0 Å². The molecule has 3 aliphatic rings. The molecule has 2 aliphatic carbocycles. The second-order valence-electron chi connectivity index (χ2n) is 6.25. The predicted molar refractivity (Wildman–Crippen MR) is 75.8 cm³/mol. The molecule has 1 aromatic heterocycles. The van der Waals surface area contributed by atoms with Crippen LogP contribution in [0, 0.1) is 5.92 Å². The second kappa shape index (κ2) is 4.06. The van der Waals surface area contributed by atoms with Gasteiger partial charge in [-0.25, -0.2) is 0 Å². The van der Waals surface area contributed by atoms with Crippen molar-refractivity contribution in [3.05, 3.63) is 22.4 Å². The molecule has 3 atom stereocenters. The third-order valence-corrected chi connectivity index (χ3v) is 5.55. The molecule has 0 bridgehead atoms. The topological polar surface area (TPSA) is 32.3 Å². The van der Waals surface area contributed by atoms with Gasteiger partial charge in [-0.3, -0.25) is 10.1 Å². The van der Waals surface area contributed by atoms with Gasteiger partial charge in [-0.05, 0) is 54.0 Å². The summed E-state index contributed by atoms with van der Waals surface area (Å²) < 4.78 is 0. The summed E-state index contributed by atoms with van der Waals surface area (Å²) in [5.41, 5.74) is 1.08. The van der Waals surface area contributed by atoms with Crippen LogP contribution in [-0.2, 0) is 4.79 Å². The highest BCUT2D eigenvalue weighted by Crippen LogP contribution is 2.52. The van der Waals surface area contributed by atoms with Crippen molar-refractivity contribution in [1.82, 2.24) is 10.2 Å². The van der Waals surface area contributed by atoms with E-state index in [2.05, 4.69) is 34.0 Å². The third kappa shape index (κ3) is 1.77. The number of amides is 1. The molecule has 3 nitrogen and oxygen atoms in total. The first-order valence-electron chi connectivity index (χ1n) is 7.38. The molecule has 1 amide bonds. The molecule has 102 valence electrons. The SMILES string of the molecule is CCCC1CC1N1C(=O)C2(CC2)NC1c1ccsc1. The van der Waals surface area contributed by atoms with Gasteiger partial charge in [-0.2, -0.15) is 11.3 Å². The lowest BCUT2D eigenvalue weighted by atomic mass is 10.2. The van der Waals surface area contributed by atoms with E-state index in [0.717, 1.165) is 18.8 Å². The van der Waals surface area contributed by atoms with Crippen LogP contribution in [-0.4, -0.2) is 22.4 Å². The maximum Gasteiger partial charge on any atom is 0.244 e. The average molecular weight is 276 g/mol. The monoisotopic (exact) mass is 276 g/mol. The number of hydrogen-bond donors (Lipinski definition) is 1. The molecule has 1 aliphatic heterocycles. The summed E-state index contributed by atoms with van der Waals surface area (Å²) in [5.74, 6) is 1.11. The Kier molecular flexibility index (Phi) is 2.55. The Morgan fingerprint density at radius 1 is 1.53 bits per heavy atom. The fourth-order valence-corrected chi connectivity index (χ4v) is 4.19. The largest absolute Gasteiger partial charge is 0.318 e. The van der Waals surface area contributed by atoms with Gasteiger partial charge in [-0.15, -0.1) is 0 Å². The molecule has 2 saturated carbocycles. The smallest absolute Gasteiger partial charge is 0.244 e. The molecule has 0 aromatic carbocycles. The van der Waals surface area contributed by atoms with Crippen LogP contribution < -0.4 is 5.32 Å². The predicted octanol–water partition coefficient (Wildman–Crippen LogP) is 2.90. The molecule has 1 N–H and O–H groups in total. The van der Waals surface area contributed by atoms with Gasteiger partial charge in [-0.1, -0.05) is 13.3 Å². The van der Waals surface area contributed by atoms with E-state index in [9.17, 15) is 4.79 Å². The number of nitrogens with zero attached hydrogens (tertiary/aromatic N) is 1. The molecule has 2 heterocycles. The molecule has 4 rings (SSSR count). The molecule has 0 radical (unpaired) electrons. The molecule has 1 aromatic rings. The third-order valence-electron chi connectivity index (χ3n) is 4.85. The van der Waals surface area contributed by atoms with Gasteiger partial charge in [0.2, 0.25) is 5.91 Å². The molecule has 1 spiro atoms. The lowest BCUT2D eigenvalue weighted by molar-refractivity contribution is -0.131. The Morgan fingerprint density at radius 2 is 2.37 bits per heavy atom. The minimum atomic E-state index is -0.189. The highest BCUT2D eigenvalue weighted by atomic mass is 32.1. The van der Waals surface area contributed by atoms with Crippen molar-refractivity contribution in [2.24, 2.45) is 5.92 Å². The average Bonchev–Trinajstić information content (AvgIpc) is 3.25. The number of nitrogens with one attached hydrogen (secondary N) is 1. The van der Waals surface area contributed by atoms with E-state index in [1.807, 2.05) is 0 Å². The van der Waals surface area contributed by atoms with Crippen molar-refractivity contribution >= 4 is 17.2 Å². The normalized spacial score (nSPS) is 35.1. The van der Waals surface area contributed by atoms with E-state index in [0.29, 0.717) is 11.9 Å². The quantitative estimate of drug-likeness (QED) is 0.917. The highest BCUT2D eigenvalue weighted by molar-refractivity contribution is 7.07. The van der Waals surface area contributed by atoms with Crippen molar-refractivity contribution in [1.29, 1.82) is 0 Å². The minimum absolute atomic E-state index is 0.133. The van der Waals surface area contributed by atoms with E-state index in [1.54, 1.807) is 11.3 Å². The fraction of sp³-hybridized carbons (Fsp3) is 0.667. The Bertz CT molecular complexity index is 494. The Morgan fingerprint density at radius 3 is 3.00 bits per heavy atom. The maximum absolute atomic E-state index is 12.7. The van der Waals surface area contributed by atoms with Gasteiger partial charge in [0.1, 0.15) is 11.7 Å². The summed E-state index contributed by atoms with van der Waals surface area (Å²) in [5, 5.41) is 7.89. The summed E-state index contributed by atoms with van der Waals surface area (Å²) in [4.78, 5) is 14.9. The fourth-order valence-electron chi connectivity index (χ4n) is 3.51. The van der Waals surface area contributed by atoms with Crippen LogP contribution in [0.5, 0.6) is 0 Å². The highest BCUT2D eigenvalue weighted by Gasteiger charge is 2.63. The van der Waals surface area contributed by atoms with Gasteiger partial charge in [0.05, 0.1) is 0 Å². The zero-order valence-electron chi connectivity index (χ0n) is 11.3. The van der Waals surface area contributed by atoms with Crippen LogP contribution in [0.1, 0.15) is 50.8 Å². The van der Waals surface area contributed by atoms with Gasteiger partial charge < -0.3 is 4.90 Å². The summed E-state index contributed by atoms with van der Waals surface area (Å²) in [6.45, 7) is 2.23. The first-order valence-corrected chi connectivity index (χ1v) is 8.32. The molecule has 3 fully saturated rings. The first-order chi connectivity index (χ1) is 9.25. The Labute approximate surface area is 118 Å². The van der Waals surface area contributed by atoms with Gasteiger partial charge in [0.15, 0.2) is 0 Å². The Hall–Kier alpha value is -0.870. The molecule has 4 heteroatoms. The summed E-state index contributed by atoms with van der Waals surface area (Å²) in [6.07, 6.45) is 5.87. The van der Waals surface area contributed by atoms with Gasteiger partial charge >= 0.3 is 0 Å². The van der Waals surface area contributed by atoms with E-state index in [4.69, 9.17) is 0 Å². The summed E-state index contributed by atoms with van der Waals surface area (Å²) in [7, 11) is 0. The molecule has 1 saturated heterocycles. The van der Waals surface area contributed by atoms with Crippen LogP contribution >= 0.6 is 11.3 Å². The second-order valence-corrected chi connectivity index (χ2v) is 7.03. The van der Waals surface area contributed by atoms with E-state index < -0.39 is 0 Å². The number of carbonyl (C=O) groups excluding carboxylic acids is 1. The number of carbonyl (C=O) groups is 1. The number of thiophene rings is 1. The molecule has 19 heavy (non-hydrogen) atoms. The van der Waals surface area contributed by atoms with Gasteiger partial charge in [0, 0.05) is 6.04 Å². The van der Waals surface area contributed by atoms with Crippen molar-refractivity contribution in [3.8, 4) is 0 Å². The van der Waals surface area contributed by atoms with Crippen LogP contribution in [0.25, 0.3) is 0 Å². The first kappa shape index (κ1) is 11.9. The van der Waals surface area contributed by atoms with Crippen LogP contribution in [0.4, 0.5) is 0 Å². The maximum atomic E-state index is 12.7. The minimum Gasteiger partial charge on any atom is -0.318 e. The van der Waals surface area contributed by atoms with Crippen LogP contribution in [0.2, 0.25) is 0 Å².